The zero-order valence-corrected chi connectivity index (χ0v) is 15.0. The van der Waals surface area contributed by atoms with Crippen LogP contribution in [0, 0.1) is 23.7 Å². The lowest BCUT2D eigenvalue weighted by Crippen LogP contribution is -2.47. The van der Waals surface area contributed by atoms with Crippen LogP contribution in [0.2, 0.25) is 0 Å². The Morgan fingerprint density at radius 3 is 1.45 bits per heavy atom. The molecule has 6 atom stereocenters. The van der Waals surface area contributed by atoms with E-state index in [0.29, 0.717) is 0 Å². The van der Waals surface area contributed by atoms with E-state index in [4.69, 9.17) is 69.6 Å². The van der Waals surface area contributed by atoms with E-state index >= 15 is 0 Å². The molecule has 3 aliphatic carbocycles. The highest BCUT2D eigenvalue weighted by molar-refractivity contribution is 6.65. The minimum atomic E-state index is -1.92. The van der Waals surface area contributed by atoms with Crippen molar-refractivity contribution in [2.75, 3.05) is 0 Å². The number of allylic oxidation sites excluding steroid dienone is 2. The second-order valence-corrected chi connectivity index (χ2v) is 9.08. The summed E-state index contributed by atoms with van der Waals surface area (Å²) in [6.07, 6.45) is -0.138. The lowest BCUT2D eigenvalue weighted by Gasteiger charge is -2.35. The van der Waals surface area contributed by atoms with Crippen LogP contribution in [0.5, 0.6) is 0 Å². The predicted octanol–water partition coefficient (Wildman–Crippen LogP) is 3.87. The number of hydrogen-bond acceptors (Lipinski definition) is 2. The second kappa shape index (κ2) is 4.74. The molecule has 3 rings (SSSR count). The summed E-state index contributed by atoms with van der Waals surface area (Å²) >= 11 is 38.1. The fourth-order valence-electron chi connectivity index (χ4n) is 4.20. The maximum absolute atomic E-state index is 11.6. The summed E-state index contributed by atoms with van der Waals surface area (Å²) in [7, 11) is 0. The van der Waals surface area contributed by atoms with Gasteiger partial charge >= 0.3 is 11.9 Å². The van der Waals surface area contributed by atoms with Gasteiger partial charge in [0.15, 0.2) is 4.33 Å². The number of fused-ring (bicyclic) bond motifs is 5. The van der Waals surface area contributed by atoms with Crippen molar-refractivity contribution in [3.05, 3.63) is 10.1 Å². The van der Waals surface area contributed by atoms with Gasteiger partial charge < -0.3 is 10.2 Å². The van der Waals surface area contributed by atoms with E-state index in [1.54, 1.807) is 0 Å². The first-order valence-corrected chi connectivity index (χ1v) is 8.48. The van der Waals surface area contributed by atoms with Crippen molar-refractivity contribution in [1.29, 1.82) is 0 Å². The molecule has 0 amide bonds. The Balaban J connectivity index is 2.29. The Morgan fingerprint density at radius 1 is 0.864 bits per heavy atom. The van der Waals surface area contributed by atoms with E-state index in [0.717, 1.165) is 0 Å². The Hall–Kier alpha value is 0.420. The average Bonchev–Trinajstić information content (AvgIpc) is 2.91. The molecule has 0 aromatic heterocycles. The number of halogens is 6. The van der Waals surface area contributed by atoms with Crippen LogP contribution in [-0.4, -0.2) is 36.2 Å². The van der Waals surface area contributed by atoms with Gasteiger partial charge in [0.1, 0.15) is 9.75 Å². The normalized spacial score (nSPS) is 48.6. The molecular weight excluding hydrogens is 421 g/mol. The molecular formula is C12H8Cl6O4. The van der Waals surface area contributed by atoms with Gasteiger partial charge in [-0.3, -0.25) is 9.59 Å². The van der Waals surface area contributed by atoms with Gasteiger partial charge in [-0.05, 0) is 6.42 Å². The number of alkyl halides is 4. The second-order valence-electron chi connectivity index (χ2n) is 5.80. The summed E-state index contributed by atoms with van der Waals surface area (Å²) < 4.78 is -1.92. The molecule has 122 valence electrons. The zero-order chi connectivity index (χ0) is 16.8. The number of carboxylic acids is 2. The summed E-state index contributed by atoms with van der Waals surface area (Å²) in [6, 6.07) is 0. The van der Waals surface area contributed by atoms with Crippen LogP contribution >= 0.6 is 69.6 Å². The van der Waals surface area contributed by atoms with Gasteiger partial charge in [-0.1, -0.05) is 46.4 Å². The van der Waals surface area contributed by atoms with Gasteiger partial charge in [0.05, 0.1) is 21.9 Å². The quantitative estimate of drug-likeness (QED) is 0.655. The van der Waals surface area contributed by atoms with E-state index in [-0.39, 0.29) is 16.5 Å². The van der Waals surface area contributed by atoms with E-state index in [9.17, 15) is 19.8 Å². The van der Waals surface area contributed by atoms with Gasteiger partial charge in [-0.15, -0.1) is 23.2 Å². The van der Waals surface area contributed by atoms with Gasteiger partial charge in [0.2, 0.25) is 0 Å². The number of rotatable bonds is 2. The molecule has 0 heterocycles. The molecule has 2 N–H and O–H groups in total. The highest BCUT2D eigenvalue weighted by Gasteiger charge is 2.86. The van der Waals surface area contributed by atoms with Crippen LogP contribution in [0.3, 0.4) is 0 Å². The van der Waals surface area contributed by atoms with Crippen molar-refractivity contribution in [3.63, 3.8) is 0 Å². The van der Waals surface area contributed by atoms with Gasteiger partial charge in [0, 0.05) is 11.8 Å². The first-order chi connectivity index (χ1) is 9.94. The van der Waals surface area contributed by atoms with Crippen LogP contribution in [0.15, 0.2) is 10.1 Å². The van der Waals surface area contributed by atoms with Crippen molar-refractivity contribution in [3.8, 4) is 0 Å². The summed E-state index contributed by atoms with van der Waals surface area (Å²) in [5.41, 5.74) is 0. The number of carbonyl (C=O) groups is 2. The summed E-state index contributed by atoms with van der Waals surface area (Å²) in [5.74, 6) is -6.43. The van der Waals surface area contributed by atoms with E-state index < -0.39 is 49.7 Å². The van der Waals surface area contributed by atoms with Crippen LogP contribution in [0.25, 0.3) is 0 Å². The van der Waals surface area contributed by atoms with Gasteiger partial charge in [0.25, 0.3) is 0 Å². The molecule has 0 aromatic rings. The summed E-state index contributed by atoms with van der Waals surface area (Å²) in [4.78, 5) is 19.6. The third kappa shape index (κ3) is 1.55. The van der Waals surface area contributed by atoms with Crippen LogP contribution < -0.4 is 0 Å². The van der Waals surface area contributed by atoms with Crippen molar-refractivity contribution in [1.82, 2.24) is 0 Å². The predicted molar refractivity (Wildman–Crippen MR) is 84.2 cm³/mol. The third-order valence-electron chi connectivity index (χ3n) is 5.06. The standard InChI is InChI=1S/C12H8Cl6O4/c13-6-7(14)11(16)5-3(9(21)22)1-2(8(19)20)4(5)10(6,15)12(11,17)18/h2-5H,1H2,(H,19,20)(H,21,22). The fraction of sp³-hybridized carbons (Fsp3) is 0.667. The highest BCUT2D eigenvalue weighted by Crippen LogP contribution is 2.80. The Labute approximate surface area is 155 Å². The smallest absolute Gasteiger partial charge is 0.306 e. The van der Waals surface area contributed by atoms with Crippen LogP contribution in [0.1, 0.15) is 6.42 Å². The molecule has 0 spiro atoms. The van der Waals surface area contributed by atoms with Crippen molar-refractivity contribution in [2.24, 2.45) is 23.7 Å². The first kappa shape index (κ1) is 17.2. The molecule has 22 heavy (non-hydrogen) atoms. The van der Waals surface area contributed by atoms with E-state index in [2.05, 4.69) is 0 Å². The highest BCUT2D eigenvalue weighted by atomic mass is 35.5. The van der Waals surface area contributed by atoms with E-state index in [1.165, 1.54) is 0 Å². The molecule has 2 fully saturated rings. The number of aliphatic carboxylic acids is 2. The van der Waals surface area contributed by atoms with Crippen molar-refractivity contribution < 1.29 is 19.8 Å². The third-order valence-corrected chi connectivity index (χ3v) is 9.35. The minimum absolute atomic E-state index is 0.116. The van der Waals surface area contributed by atoms with Crippen LogP contribution in [0.4, 0.5) is 0 Å². The van der Waals surface area contributed by atoms with Crippen molar-refractivity contribution in [2.45, 2.75) is 20.5 Å². The monoisotopic (exact) mass is 426 g/mol. The Bertz CT molecular complexity index is 583. The largest absolute Gasteiger partial charge is 0.481 e. The molecule has 6 unspecified atom stereocenters. The average molecular weight is 429 g/mol. The maximum atomic E-state index is 11.6. The molecule has 2 saturated carbocycles. The number of hydrogen-bond donors (Lipinski definition) is 2. The molecule has 0 aromatic carbocycles. The Kier molecular flexibility index (Phi) is 3.71. The molecule has 0 radical (unpaired) electrons. The lowest BCUT2D eigenvalue weighted by atomic mass is 9.78. The molecule has 3 aliphatic rings. The molecule has 2 bridgehead atoms. The minimum Gasteiger partial charge on any atom is -0.481 e. The SMILES string of the molecule is O=C(O)C1CC(C(=O)O)C2C1C1(Cl)C(Cl)=C(Cl)C2(Cl)C1(Cl)Cl. The fourth-order valence-corrected chi connectivity index (χ4v) is 7.31. The molecule has 0 saturated heterocycles. The summed E-state index contributed by atoms with van der Waals surface area (Å²) in [6.45, 7) is 0. The lowest BCUT2D eigenvalue weighted by molar-refractivity contribution is -0.143. The number of carboxylic acid groups (broad SMARTS) is 2. The molecule has 4 nitrogen and oxygen atoms in total. The van der Waals surface area contributed by atoms with Crippen LogP contribution in [-0.2, 0) is 9.59 Å². The first-order valence-electron chi connectivity index (χ1n) is 6.21. The Morgan fingerprint density at radius 2 is 1.18 bits per heavy atom. The molecule has 0 aliphatic heterocycles. The zero-order valence-electron chi connectivity index (χ0n) is 10.5. The topological polar surface area (TPSA) is 74.6 Å². The van der Waals surface area contributed by atoms with Gasteiger partial charge in [-0.2, -0.15) is 0 Å². The van der Waals surface area contributed by atoms with Gasteiger partial charge in [-0.25, -0.2) is 0 Å². The molecule has 10 heteroatoms. The maximum Gasteiger partial charge on any atom is 0.306 e. The summed E-state index contributed by atoms with van der Waals surface area (Å²) in [5, 5.41) is 18.6. The van der Waals surface area contributed by atoms with Crippen molar-refractivity contribution >= 4 is 81.5 Å². The van der Waals surface area contributed by atoms with E-state index in [1.807, 2.05) is 0 Å².